The molecule has 0 aromatic heterocycles. The first-order valence-corrected chi connectivity index (χ1v) is 27.8. The van der Waals surface area contributed by atoms with Crippen molar-refractivity contribution in [2.45, 2.75) is 232 Å². The van der Waals surface area contributed by atoms with Gasteiger partial charge in [0.05, 0.1) is 0 Å². The van der Waals surface area contributed by atoms with E-state index in [1.54, 1.807) is 0 Å². The van der Waals surface area contributed by atoms with E-state index < -0.39 is 5.54 Å². The molecule has 0 aromatic rings. The summed E-state index contributed by atoms with van der Waals surface area (Å²) in [5.41, 5.74) is 5.98. The predicted molar refractivity (Wildman–Crippen MR) is 310 cm³/mol. The number of nitrogens with zero attached hydrogens (tertiary/aromatic N) is 6. The Hall–Kier alpha value is -3.89. The third-order valence-corrected chi connectivity index (χ3v) is 12.8. The number of carbonyl (C=O) groups excluding carboxylic acids is 2. The van der Waals surface area contributed by atoms with Crippen LogP contribution in [0.1, 0.15) is 215 Å². The van der Waals surface area contributed by atoms with Gasteiger partial charge < -0.3 is 0 Å². The Morgan fingerprint density at radius 3 is 0.811 bits per heavy atom. The SMILES string of the molecule is CCCC(C)(CCC)CCC.CCCC(CCC)(CCC)NC(=O)CCC(=O)NC(CCCN=CB=O)(CCCN=CB=O)CCCN=CB=O.NC(CCCN=CB=O)(CCCN=CB=O)CCCN=CB=O. The molecule has 0 atom stereocenters. The van der Waals surface area contributed by atoms with Crippen LogP contribution in [0, 0.1) is 5.41 Å². The molecule has 0 rings (SSSR count). The number of nitrogens with two attached hydrogens (primary N) is 1. The first-order valence-electron chi connectivity index (χ1n) is 27.8. The fourth-order valence-corrected chi connectivity index (χ4v) is 9.86. The summed E-state index contributed by atoms with van der Waals surface area (Å²) in [6.07, 6.45) is 30.1. The van der Waals surface area contributed by atoms with Crippen molar-refractivity contribution in [1.82, 2.24) is 10.6 Å². The first-order chi connectivity index (χ1) is 35.7. The van der Waals surface area contributed by atoms with E-state index in [0.29, 0.717) is 126 Å². The molecule has 0 spiro atoms. The molecule has 410 valence electrons. The molecule has 0 aromatic carbocycles. The molecule has 0 radical (unpaired) electrons. The quantitative estimate of drug-likeness (QED) is 0.0302. The summed E-state index contributed by atoms with van der Waals surface area (Å²) >= 11 is 0. The van der Waals surface area contributed by atoms with E-state index in [4.69, 9.17) is 5.73 Å². The Morgan fingerprint density at radius 2 is 0.595 bits per heavy atom. The summed E-state index contributed by atoms with van der Waals surface area (Å²) in [5, 5.41) is 6.47. The van der Waals surface area contributed by atoms with Crippen molar-refractivity contribution in [3.8, 4) is 0 Å². The molecule has 0 fully saturated rings. The van der Waals surface area contributed by atoms with Gasteiger partial charge in [0.15, 0.2) is 0 Å². The Balaban J connectivity index is -0.00000123. The van der Waals surface area contributed by atoms with Crippen molar-refractivity contribution in [2.24, 2.45) is 41.1 Å². The fourth-order valence-electron chi connectivity index (χ4n) is 9.86. The molecule has 0 heterocycles. The number of rotatable bonds is 47. The molecule has 0 bridgehead atoms. The van der Waals surface area contributed by atoms with Crippen LogP contribution in [0.2, 0.25) is 0 Å². The number of amides is 2. The van der Waals surface area contributed by atoms with Gasteiger partial charge in [-0.2, -0.15) is 0 Å². The Labute approximate surface area is 450 Å². The van der Waals surface area contributed by atoms with Gasteiger partial charge in [-0.3, -0.25) is 0 Å². The average molecular weight is 1030 g/mol. The Morgan fingerprint density at radius 1 is 0.378 bits per heavy atom. The maximum atomic E-state index is 13.2. The molecule has 0 aliphatic carbocycles. The molecule has 0 saturated carbocycles. The molecule has 0 saturated heterocycles. The van der Waals surface area contributed by atoms with Crippen LogP contribution in [0.25, 0.3) is 0 Å². The summed E-state index contributed by atoms with van der Waals surface area (Å²) in [5.74, 6) is -0.308. The number of nitrogens with one attached hydrogen (secondary N) is 2. The molecule has 0 unspecified atom stereocenters. The standard InChI is InChI=1S/C27H48B3N5O5.C13H23B3N4O3.C11H24/c1-4-12-26(13-5-2,14-6-3)34-24(36)10-11-25(37)35-27(15-7-18-31-21-28-38,16-8-19-32-22-29-39)17-9-20-33-23-30-40;17-13(4-1-7-18-10-14-21,5-2-8-19-11-15-22)6-3-9-20-12-16-23;1-5-8-11(4,9-6-2)10-7-3/h21-23H,4-20H2,1-3H3,(H,34,36)(H,35,37);10-12H,1-9,17H2;5-10H2,1-4H3. The molecule has 23 heteroatoms. The molecular weight excluding hydrogens is 931 g/mol. The zero-order chi connectivity index (χ0) is 55.9. The molecule has 0 aliphatic heterocycles. The fraction of sp³-hybridized carbons (Fsp3) is 0.843. The number of carbonyl (C=O) groups is 2. The Bertz CT molecular complexity index is 1520. The second kappa shape index (κ2) is 52.5. The summed E-state index contributed by atoms with van der Waals surface area (Å²) in [4.78, 5) is 50.2. The second-order valence-corrected chi connectivity index (χ2v) is 19.6. The van der Waals surface area contributed by atoms with Crippen molar-refractivity contribution in [2.75, 3.05) is 39.3 Å². The van der Waals surface area contributed by atoms with Gasteiger partial charge in [-0.05, 0) is 43.9 Å². The summed E-state index contributed by atoms with van der Waals surface area (Å²) < 4.78 is 62.2. The zero-order valence-electron chi connectivity index (χ0n) is 47.1. The van der Waals surface area contributed by atoms with Crippen LogP contribution in [0.15, 0.2) is 30.0 Å². The van der Waals surface area contributed by atoms with Gasteiger partial charge in [0.2, 0.25) is 0 Å². The van der Waals surface area contributed by atoms with Crippen LogP contribution in [0.5, 0.6) is 0 Å². The minimum atomic E-state index is -0.589. The zero-order valence-corrected chi connectivity index (χ0v) is 47.1. The normalized spacial score (nSPS) is 13.2. The van der Waals surface area contributed by atoms with Crippen LogP contribution < -0.4 is 16.4 Å². The predicted octanol–water partition coefficient (Wildman–Crippen LogP) is 8.10. The van der Waals surface area contributed by atoms with E-state index in [2.05, 4.69) is 89.1 Å². The Kier molecular flexibility index (Phi) is 52.8. The first kappa shape index (κ1) is 74.4. The number of hydrogen-bond acceptors (Lipinski definition) is 15. The molecule has 0 aliphatic rings. The van der Waals surface area contributed by atoms with E-state index in [-0.39, 0.29) is 35.7 Å². The third kappa shape index (κ3) is 44.4. The molecular formula is C51H95B6N9O8. The second-order valence-electron chi connectivity index (χ2n) is 19.6. The molecule has 4 N–H and O–H groups in total. The van der Waals surface area contributed by atoms with Crippen LogP contribution in [0.4, 0.5) is 0 Å². The summed E-state index contributed by atoms with van der Waals surface area (Å²) in [6.45, 7) is 18.8. The monoisotopic (exact) mass is 1030 g/mol. The summed E-state index contributed by atoms with van der Waals surface area (Å²) in [6, 6.07) is 0. The van der Waals surface area contributed by atoms with E-state index in [1.165, 1.54) is 75.2 Å². The van der Waals surface area contributed by atoms with Crippen molar-refractivity contribution in [3.63, 3.8) is 0 Å². The van der Waals surface area contributed by atoms with Gasteiger partial charge >= 0.3 is 316 Å². The van der Waals surface area contributed by atoms with Crippen LogP contribution in [0.3, 0.4) is 0 Å². The third-order valence-electron chi connectivity index (χ3n) is 12.8. The summed E-state index contributed by atoms with van der Waals surface area (Å²) in [7, 11) is 3.87. The van der Waals surface area contributed by atoms with Gasteiger partial charge in [0.1, 0.15) is 0 Å². The van der Waals surface area contributed by atoms with Gasteiger partial charge in [-0.15, -0.1) is 0 Å². The minimum absolute atomic E-state index is 0.0733. The number of aliphatic imine (C=N–C) groups is 6. The molecule has 74 heavy (non-hydrogen) atoms. The van der Waals surface area contributed by atoms with Crippen molar-refractivity contribution in [1.29, 1.82) is 0 Å². The van der Waals surface area contributed by atoms with Crippen molar-refractivity contribution >= 4 is 91.4 Å². The van der Waals surface area contributed by atoms with E-state index in [1.807, 2.05) is 0 Å². The van der Waals surface area contributed by atoms with E-state index >= 15 is 0 Å². The average Bonchev–Trinajstić information content (AvgIpc) is 3.36. The van der Waals surface area contributed by atoms with E-state index in [9.17, 15) is 37.8 Å². The number of hydrogen-bond donors (Lipinski definition) is 3. The molecule has 2 amide bonds. The van der Waals surface area contributed by atoms with Crippen LogP contribution in [-0.4, -0.2) is 147 Å². The van der Waals surface area contributed by atoms with Gasteiger partial charge in [-0.1, -0.05) is 87.0 Å². The van der Waals surface area contributed by atoms with Crippen LogP contribution in [-0.2, 0) is 37.8 Å². The molecule has 17 nitrogen and oxygen atoms in total. The van der Waals surface area contributed by atoms with E-state index in [0.717, 1.165) is 77.0 Å². The maximum absolute atomic E-state index is 13.2. The topological polar surface area (TPSA) is 261 Å². The van der Waals surface area contributed by atoms with Gasteiger partial charge in [0.25, 0.3) is 0 Å². The van der Waals surface area contributed by atoms with Crippen LogP contribution >= 0.6 is 0 Å². The van der Waals surface area contributed by atoms with Crippen molar-refractivity contribution < 1.29 is 37.8 Å². The van der Waals surface area contributed by atoms with Gasteiger partial charge in [0, 0.05) is 5.54 Å². The van der Waals surface area contributed by atoms with Gasteiger partial charge in [-0.25, -0.2) is 0 Å². The van der Waals surface area contributed by atoms with Crippen molar-refractivity contribution in [3.05, 3.63) is 0 Å².